The lowest BCUT2D eigenvalue weighted by Crippen LogP contribution is -2.28. The molecule has 2 aromatic carbocycles. The molecule has 0 aliphatic carbocycles. The number of rotatable bonds is 9. The summed E-state index contributed by atoms with van der Waals surface area (Å²) in [7, 11) is 0. The van der Waals surface area contributed by atoms with Gasteiger partial charge in [-0.2, -0.15) is 0 Å². The number of halogens is 2. The fraction of sp³-hybridized carbons (Fsp3) is 0.182. The van der Waals surface area contributed by atoms with Gasteiger partial charge in [0.15, 0.2) is 0 Å². The van der Waals surface area contributed by atoms with E-state index in [2.05, 4.69) is 5.32 Å². The van der Waals surface area contributed by atoms with E-state index in [0.29, 0.717) is 11.3 Å². The number of ether oxygens (including phenoxy) is 1. The molecule has 158 valence electrons. The zero-order chi connectivity index (χ0) is 22.1. The van der Waals surface area contributed by atoms with Gasteiger partial charge in [0, 0.05) is 24.3 Å². The van der Waals surface area contributed by atoms with E-state index in [1.54, 1.807) is 25.1 Å². The molecule has 30 heavy (non-hydrogen) atoms. The summed E-state index contributed by atoms with van der Waals surface area (Å²) < 4.78 is 18.7. The van der Waals surface area contributed by atoms with Gasteiger partial charge in [0.25, 0.3) is 0 Å². The number of benzene rings is 2. The molecule has 6 nitrogen and oxygen atoms in total. The summed E-state index contributed by atoms with van der Waals surface area (Å²) in [5.74, 6) is -1.47. The molecule has 1 unspecified atom stereocenters. The van der Waals surface area contributed by atoms with Crippen LogP contribution in [0.1, 0.15) is 35.3 Å². The summed E-state index contributed by atoms with van der Waals surface area (Å²) in [6.45, 7) is 1.90. The van der Waals surface area contributed by atoms with Crippen LogP contribution < -0.4 is 15.8 Å². The van der Waals surface area contributed by atoms with Crippen LogP contribution in [0.3, 0.4) is 0 Å². The highest BCUT2D eigenvalue weighted by Gasteiger charge is 2.15. The van der Waals surface area contributed by atoms with Crippen molar-refractivity contribution in [3.8, 4) is 5.75 Å². The van der Waals surface area contributed by atoms with Gasteiger partial charge >= 0.3 is 5.97 Å². The third kappa shape index (κ3) is 6.93. The highest BCUT2D eigenvalue weighted by Crippen LogP contribution is 2.18. The molecule has 0 saturated heterocycles. The Kier molecular flexibility index (Phi) is 8.43. The molecule has 0 saturated carbocycles. The van der Waals surface area contributed by atoms with Crippen molar-refractivity contribution in [2.45, 2.75) is 19.4 Å². The predicted octanol–water partition coefficient (Wildman–Crippen LogP) is 4.14. The van der Waals surface area contributed by atoms with Crippen LogP contribution >= 0.6 is 11.6 Å². The topological polar surface area (TPSA) is 102 Å². The molecule has 0 aromatic heterocycles. The molecule has 8 heteroatoms. The molecule has 0 aliphatic heterocycles. The Morgan fingerprint density at radius 3 is 2.57 bits per heavy atom. The van der Waals surface area contributed by atoms with Gasteiger partial charge in [0.1, 0.15) is 11.6 Å². The Bertz CT molecular complexity index is 958. The summed E-state index contributed by atoms with van der Waals surface area (Å²) in [6.07, 6.45) is 2.81. The van der Waals surface area contributed by atoms with Crippen molar-refractivity contribution in [2.75, 3.05) is 6.61 Å². The fourth-order valence-corrected chi connectivity index (χ4v) is 2.72. The molecule has 0 heterocycles. The molecule has 0 bridgehead atoms. The number of carbonyl (C=O) groups is 2. The maximum absolute atomic E-state index is 13.2. The van der Waals surface area contributed by atoms with E-state index in [0.717, 1.165) is 11.8 Å². The highest BCUT2D eigenvalue weighted by atomic mass is 35.5. The van der Waals surface area contributed by atoms with Gasteiger partial charge in [-0.05, 0) is 42.8 Å². The number of carbonyl (C=O) groups excluding carboxylic acids is 1. The molecule has 4 N–H and O–H groups in total. The lowest BCUT2D eigenvalue weighted by atomic mass is 10.0. The quantitative estimate of drug-likeness (QED) is 0.408. The summed E-state index contributed by atoms with van der Waals surface area (Å²) in [5, 5.41) is 12.0. The van der Waals surface area contributed by atoms with E-state index in [4.69, 9.17) is 27.2 Å². The van der Waals surface area contributed by atoms with Crippen LogP contribution in [0.5, 0.6) is 5.75 Å². The minimum absolute atomic E-state index is 0.124. The zero-order valence-corrected chi connectivity index (χ0v) is 17.0. The van der Waals surface area contributed by atoms with E-state index in [1.807, 2.05) is 0 Å². The summed E-state index contributed by atoms with van der Waals surface area (Å²) in [6, 6.07) is 11.5. The van der Waals surface area contributed by atoms with Gasteiger partial charge in [0.2, 0.25) is 5.91 Å². The second-order valence-electron chi connectivity index (χ2n) is 6.40. The number of carboxylic acids is 1. The van der Waals surface area contributed by atoms with Crippen LogP contribution in [0.4, 0.5) is 4.39 Å². The average Bonchev–Trinajstić information content (AvgIpc) is 2.72. The first-order chi connectivity index (χ1) is 14.3. The molecule has 2 aromatic rings. The van der Waals surface area contributed by atoms with Crippen LogP contribution in [0.15, 0.2) is 71.4 Å². The first-order valence-electron chi connectivity index (χ1n) is 9.10. The van der Waals surface area contributed by atoms with Crippen LogP contribution in [0.25, 0.3) is 0 Å². The maximum atomic E-state index is 13.2. The first kappa shape index (κ1) is 23.0. The lowest BCUT2D eigenvalue weighted by Gasteiger charge is -2.16. The number of nitrogens with one attached hydrogen (secondary N) is 1. The number of allylic oxidation sites excluding steroid dienone is 2. The largest absolute Gasteiger partial charge is 0.493 e. The zero-order valence-electron chi connectivity index (χ0n) is 16.3. The van der Waals surface area contributed by atoms with Crippen molar-refractivity contribution in [1.82, 2.24) is 5.32 Å². The highest BCUT2D eigenvalue weighted by molar-refractivity contribution is 6.31. The molecular formula is C22H22ClFN2O4. The molecule has 1 atom stereocenters. The third-order valence-electron chi connectivity index (χ3n) is 4.20. The van der Waals surface area contributed by atoms with Gasteiger partial charge in [-0.25, -0.2) is 9.18 Å². The SMILES string of the molecule is CC(NC(=O)/C(=C/C(Cl)=C\N)CCOc1cccc(F)c1)c1ccc(C(=O)O)cc1. The van der Waals surface area contributed by atoms with Crippen molar-refractivity contribution in [1.29, 1.82) is 0 Å². The molecule has 1 amide bonds. The normalized spacial score (nSPS) is 12.9. The van der Waals surface area contributed by atoms with Crippen molar-refractivity contribution in [2.24, 2.45) is 5.73 Å². The smallest absolute Gasteiger partial charge is 0.335 e. The number of hydrogen-bond donors (Lipinski definition) is 3. The minimum Gasteiger partial charge on any atom is -0.493 e. The fourth-order valence-electron chi connectivity index (χ4n) is 2.59. The van der Waals surface area contributed by atoms with Gasteiger partial charge in [-0.1, -0.05) is 29.8 Å². The average molecular weight is 433 g/mol. The van der Waals surface area contributed by atoms with Crippen LogP contribution in [0.2, 0.25) is 0 Å². The second-order valence-corrected chi connectivity index (χ2v) is 6.84. The Hall–Kier alpha value is -3.32. The molecular weight excluding hydrogens is 411 g/mol. The third-order valence-corrected chi connectivity index (χ3v) is 4.44. The number of nitrogens with two attached hydrogens (primary N) is 1. The molecule has 0 aliphatic rings. The van der Waals surface area contributed by atoms with Gasteiger partial charge in [0.05, 0.1) is 23.2 Å². The maximum Gasteiger partial charge on any atom is 0.335 e. The van der Waals surface area contributed by atoms with Crippen LogP contribution in [0, 0.1) is 5.82 Å². The van der Waals surface area contributed by atoms with Crippen LogP contribution in [-0.2, 0) is 4.79 Å². The standard InChI is InChI=1S/C22H22ClFN2O4/c1-14(15-5-7-16(8-6-15)22(28)29)26-21(27)17(11-18(23)13-25)9-10-30-20-4-2-3-19(24)12-20/h2-8,11-14H,9-10,25H2,1H3,(H,26,27)(H,28,29)/b17-11+,18-13+. The minimum atomic E-state index is -1.02. The Balaban J connectivity index is 2.05. The summed E-state index contributed by atoms with van der Waals surface area (Å²) in [4.78, 5) is 23.7. The molecule has 0 spiro atoms. The number of hydrogen-bond acceptors (Lipinski definition) is 4. The van der Waals surface area contributed by atoms with Crippen molar-refractivity contribution in [3.63, 3.8) is 0 Å². The van der Waals surface area contributed by atoms with E-state index >= 15 is 0 Å². The van der Waals surface area contributed by atoms with E-state index in [-0.39, 0.29) is 35.6 Å². The lowest BCUT2D eigenvalue weighted by molar-refractivity contribution is -0.118. The number of carboxylic acid groups (broad SMARTS) is 1. The summed E-state index contributed by atoms with van der Waals surface area (Å²) >= 11 is 5.96. The number of aromatic carboxylic acids is 1. The Labute approximate surface area is 178 Å². The van der Waals surface area contributed by atoms with E-state index in [9.17, 15) is 14.0 Å². The van der Waals surface area contributed by atoms with E-state index < -0.39 is 11.8 Å². The molecule has 0 fully saturated rings. The number of amides is 1. The van der Waals surface area contributed by atoms with E-state index in [1.165, 1.54) is 36.4 Å². The van der Waals surface area contributed by atoms with Crippen molar-refractivity contribution >= 4 is 23.5 Å². The van der Waals surface area contributed by atoms with Crippen molar-refractivity contribution in [3.05, 3.63) is 88.4 Å². The molecule has 2 rings (SSSR count). The van der Waals surface area contributed by atoms with Gasteiger partial charge in [-0.3, -0.25) is 4.79 Å². The molecule has 0 radical (unpaired) electrons. The monoisotopic (exact) mass is 432 g/mol. The summed E-state index contributed by atoms with van der Waals surface area (Å²) in [5.41, 5.74) is 6.62. The second kappa shape index (κ2) is 11.0. The van der Waals surface area contributed by atoms with Gasteiger partial charge in [-0.15, -0.1) is 0 Å². The van der Waals surface area contributed by atoms with Crippen molar-refractivity contribution < 1.29 is 23.8 Å². The Morgan fingerprint density at radius 1 is 1.27 bits per heavy atom. The van der Waals surface area contributed by atoms with Gasteiger partial charge < -0.3 is 20.9 Å². The Morgan fingerprint density at radius 2 is 1.97 bits per heavy atom. The predicted molar refractivity (Wildman–Crippen MR) is 113 cm³/mol. The first-order valence-corrected chi connectivity index (χ1v) is 9.48. The van der Waals surface area contributed by atoms with Crippen LogP contribution in [-0.4, -0.2) is 23.6 Å².